The van der Waals surface area contributed by atoms with Crippen LogP contribution in [0.3, 0.4) is 0 Å². The number of carboxylic acid groups (broad SMARTS) is 1. The molecular weight excluding hydrogens is 300 g/mol. The SMILES string of the molecule is Cn1nc(C(=O)O)cc1-c1ccc(C2CCCCC2)c(Cl)c1. The highest BCUT2D eigenvalue weighted by Gasteiger charge is 2.19. The molecule has 4 nitrogen and oxygen atoms in total. The molecule has 0 bridgehead atoms. The van der Waals surface area contributed by atoms with Crippen LogP contribution in [0, 0.1) is 0 Å². The van der Waals surface area contributed by atoms with Gasteiger partial charge in [-0.2, -0.15) is 5.10 Å². The van der Waals surface area contributed by atoms with Crippen molar-refractivity contribution >= 4 is 17.6 Å². The Morgan fingerprint density at radius 1 is 1.27 bits per heavy atom. The lowest BCUT2D eigenvalue weighted by molar-refractivity contribution is 0.0689. The maximum absolute atomic E-state index is 11.0. The van der Waals surface area contributed by atoms with Crippen LogP contribution in [-0.2, 0) is 7.05 Å². The normalized spacial score (nSPS) is 15.9. The summed E-state index contributed by atoms with van der Waals surface area (Å²) in [5, 5.41) is 13.8. The number of carbonyl (C=O) groups is 1. The van der Waals surface area contributed by atoms with Crippen molar-refractivity contribution in [3.63, 3.8) is 0 Å². The first-order chi connectivity index (χ1) is 10.6. The maximum Gasteiger partial charge on any atom is 0.356 e. The zero-order valence-electron chi connectivity index (χ0n) is 12.6. The van der Waals surface area contributed by atoms with E-state index in [1.54, 1.807) is 17.8 Å². The van der Waals surface area contributed by atoms with E-state index in [9.17, 15) is 4.79 Å². The van der Waals surface area contributed by atoms with Crippen LogP contribution in [0.15, 0.2) is 24.3 Å². The molecule has 1 aliphatic carbocycles. The highest BCUT2D eigenvalue weighted by molar-refractivity contribution is 6.31. The second kappa shape index (κ2) is 6.13. The smallest absolute Gasteiger partial charge is 0.356 e. The molecule has 0 spiro atoms. The maximum atomic E-state index is 11.0. The lowest BCUT2D eigenvalue weighted by Gasteiger charge is -2.23. The summed E-state index contributed by atoms with van der Waals surface area (Å²) in [6.45, 7) is 0. The fourth-order valence-electron chi connectivity index (χ4n) is 3.27. The van der Waals surface area contributed by atoms with Crippen molar-refractivity contribution < 1.29 is 9.90 Å². The largest absolute Gasteiger partial charge is 0.476 e. The third-order valence-electron chi connectivity index (χ3n) is 4.44. The Labute approximate surface area is 134 Å². The quantitative estimate of drug-likeness (QED) is 0.907. The van der Waals surface area contributed by atoms with E-state index < -0.39 is 5.97 Å². The van der Waals surface area contributed by atoms with Gasteiger partial charge in [-0.1, -0.05) is 43.0 Å². The lowest BCUT2D eigenvalue weighted by atomic mass is 9.84. The molecule has 0 aliphatic heterocycles. The van der Waals surface area contributed by atoms with E-state index in [-0.39, 0.29) is 5.69 Å². The van der Waals surface area contributed by atoms with Gasteiger partial charge in [0, 0.05) is 17.6 Å². The van der Waals surface area contributed by atoms with Gasteiger partial charge in [0.15, 0.2) is 5.69 Å². The highest BCUT2D eigenvalue weighted by atomic mass is 35.5. The average Bonchev–Trinajstić information content (AvgIpc) is 2.90. The first kappa shape index (κ1) is 15.1. The molecule has 1 saturated carbocycles. The van der Waals surface area contributed by atoms with Crippen molar-refractivity contribution in [3.8, 4) is 11.3 Å². The molecule has 0 radical (unpaired) electrons. The summed E-state index contributed by atoms with van der Waals surface area (Å²) < 4.78 is 1.58. The number of aromatic nitrogens is 2. The molecule has 1 fully saturated rings. The standard InChI is InChI=1S/C17H19ClN2O2/c1-20-16(10-15(19-20)17(21)22)12-7-8-13(14(18)9-12)11-5-3-2-4-6-11/h7-11H,2-6H2,1H3,(H,21,22). The molecule has 0 amide bonds. The van der Waals surface area contributed by atoms with Gasteiger partial charge in [0.2, 0.25) is 0 Å². The van der Waals surface area contributed by atoms with Gasteiger partial charge in [-0.3, -0.25) is 4.68 Å². The van der Waals surface area contributed by atoms with Crippen molar-refractivity contribution in [1.29, 1.82) is 0 Å². The molecule has 1 aliphatic rings. The molecule has 0 saturated heterocycles. The van der Waals surface area contributed by atoms with Gasteiger partial charge in [0.1, 0.15) is 0 Å². The number of hydrogen-bond donors (Lipinski definition) is 1. The number of aryl methyl sites for hydroxylation is 1. The molecule has 5 heteroatoms. The molecule has 116 valence electrons. The van der Waals surface area contributed by atoms with Crippen LogP contribution in [0.1, 0.15) is 54.1 Å². The van der Waals surface area contributed by atoms with Crippen LogP contribution in [0.5, 0.6) is 0 Å². The topological polar surface area (TPSA) is 55.1 Å². The van der Waals surface area contributed by atoms with E-state index in [1.807, 2.05) is 12.1 Å². The van der Waals surface area contributed by atoms with Gasteiger partial charge >= 0.3 is 5.97 Å². The Morgan fingerprint density at radius 2 is 2.00 bits per heavy atom. The summed E-state index contributed by atoms with van der Waals surface area (Å²) in [6, 6.07) is 7.60. The van der Waals surface area contributed by atoms with E-state index in [0.29, 0.717) is 5.92 Å². The molecule has 1 N–H and O–H groups in total. The lowest BCUT2D eigenvalue weighted by Crippen LogP contribution is -2.05. The summed E-state index contributed by atoms with van der Waals surface area (Å²) in [5.41, 5.74) is 2.91. The third-order valence-corrected chi connectivity index (χ3v) is 4.77. The Bertz CT molecular complexity index is 703. The number of hydrogen-bond acceptors (Lipinski definition) is 2. The minimum atomic E-state index is -1.02. The fraction of sp³-hybridized carbons (Fsp3) is 0.412. The number of carboxylic acids is 1. The first-order valence-electron chi connectivity index (χ1n) is 7.63. The van der Waals surface area contributed by atoms with Crippen molar-refractivity contribution in [1.82, 2.24) is 9.78 Å². The van der Waals surface area contributed by atoms with Crippen LogP contribution >= 0.6 is 11.6 Å². The molecule has 0 unspecified atom stereocenters. The molecular formula is C17H19ClN2O2. The van der Waals surface area contributed by atoms with Gasteiger partial charge in [-0.15, -0.1) is 0 Å². The Balaban J connectivity index is 1.93. The molecule has 1 aromatic heterocycles. The van der Waals surface area contributed by atoms with Gasteiger partial charge < -0.3 is 5.11 Å². The number of halogens is 1. The fourth-order valence-corrected chi connectivity index (χ4v) is 3.61. The van der Waals surface area contributed by atoms with Gasteiger partial charge in [-0.05, 0) is 36.5 Å². The summed E-state index contributed by atoms with van der Waals surface area (Å²) in [7, 11) is 1.74. The van der Waals surface area contributed by atoms with Crippen molar-refractivity contribution in [2.24, 2.45) is 7.05 Å². The van der Waals surface area contributed by atoms with E-state index in [0.717, 1.165) is 16.3 Å². The molecule has 1 heterocycles. The minimum Gasteiger partial charge on any atom is -0.476 e. The van der Waals surface area contributed by atoms with Crippen LogP contribution in [-0.4, -0.2) is 20.9 Å². The predicted molar refractivity (Wildman–Crippen MR) is 86.4 cm³/mol. The molecule has 1 aromatic carbocycles. The van der Waals surface area contributed by atoms with Crippen LogP contribution in [0.25, 0.3) is 11.3 Å². The third kappa shape index (κ3) is 2.88. The Morgan fingerprint density at radius 3 is 2.59 bits per heavy atom. The Kier molecular flexibility index (Phi) is 4.21. The van der Waals surface area contributed by atoms with Crippen molar-refractivity contribution in [2.75, 3.05) is 0 Å². The van der Waals surface area contributed by atoms with Crippen molar-refractivity contribution in [2.45, 2.75) is 38.0 Å². The number of rotatable bonds is 3. The molecule has 0 atom stereocenters. The second-order valence-corrected chi connectivity index (χ2v) is 6.32. The zero-order valence-corrected chi connectivity index (χ0v) is 13.3. The second-order valence-electron chi connectivity index (χ2n) is 5.91. The van der Waals surface area contributed by atoms with E-state index in [4.69, 9.17) is 16.7 Å². The highest BCUT2D eigenvalue weighted by Crippen LogP contribution is 2.37. The zero-order chi connectivity index (χ0) is 15.7. The van der Waals surface area contributed by atoms with Crippen LogP contribution in [0.2, 0.25) is 5.02 Å². The van der Waals surface area contributed by atoms with E-state index in [2.05, 4.69) is 11.2 Å². The van der Waals surface area contributed by atoms with Crippen molar-refractivity contribution in [3.05, 3.63) is 40.5 Å². The first-order valence-corrected chi connectivity index (χ1v) is 8.01. The van der Waals surface area contributed by atoms with E-state index in [1.165, 1.54) is 37.7 Å². The summed E-state index contributed by atoms with van der Waals surface area (Å²) in [5.74, 6) is -0.469. The molecule has 3 rings (SSSR count). The molecule has 22 heavy (non-hydrogen) atoms. The summed E-state index contributed by atoms with van der Waals surface area (Å²) in [4.78, 5) is 11.0. The van der Waals surface area contributed by atoms with Gasteiger partial charge in [0.05, 0.1) is 5.69 Å². The monoisotopic (exact) mass is 318 g/mol. The van der Waals surface area contributed by atoms with Gasteiger partial charge in [0.25, 0.3) is 0 Å². The predicted octanol–water partition coefficient (Wildman–Crippen LogP) is 4.49. The summed E-state index contributed by atoms with van der Waals surface area (Å²) >= 11 is 6.49. The average molecular weight is 319 g/mol. The number of nitrogens with zero attached hydrogens (tertiary/aromatic N) is 2. The Hall–Kier alpha value is -1.81. The summed E-state index contributed by atoms with van der Waals surface area (Å²) in [6.07, 6.45) is 6.26. The molecule has 2 aromatic rings. The van der Waals surface area contributed by atoms with Crippen LogP contribution in [0.4, 0.5) is 0 Å². The van der Waals surface area contributed by atoms with Crippen LogP contribution < -0.4 is 0 Å². The number of aromatic carboxylic acids is 1. The minimum absolute atomic E-state index is 0.0463. The number of benzene rings is 1. The van der Waals surface area contributed by atoms with Gasteiger partial charge in [-0.25, -0.2) is 4.79 Å². The van der Waals surface area contributed by atoms with E-state index >= 15 is 0 Å².